The molecule has 174 valence electrons. The van der Waals surface area contributed by atoms with E-state index in [0.717, 1.165) is 51.4 Å². The Morgan fingerprint density at radius 2 is 1.21 bits per heavy atom. The number of hydrogen-bond acceptors (Lipinski definition) is 6. The van der Waals surface area contributed by atoms with Crippen molar-refractivity contribution >= 4 is 0 Å². The van der Waals surface area contributed by atoms with E-state index in [1.54, 1.807) is 6.92 Å². The fraction of sp³-hybridized carbons (Fsp3) is 1.00. The Morgan fingerprint density at radius 1 is 0.724 bits per heavy atom. The Hall–Kier alpha value is -0.240. The zero-order chi connectivity index (χ0) is 21.5. The third kappa shape index (κ3) is 9.62. The molecular formula is C23H46O6. The number of aliphatic hydroxyl groups is 1. The Balaban J connectivity index is 2.96. The molecule has 29 heavy (non-hydrogen) atoms. The Bertz CT molecular complexity index is 390. The quantitative estimate of drug-likeness (QED) is 0.352. The van der Waals surface area contributed by atoms with Crippen molar-refractivity contribution in [2.75, 3.05) is 33.0 Å². The van der Waals surface area contributed by atoms with Gasteiger partial charge in [0.05, 0.1) is 6.61 Å². The molecule has 1 heterocycles. The predicted octanol–water partition coefficient (Wildman–Crippen LogP) is 4.47. The van der Waals surface area contributed by atoms with Crippen LogP contribution in [-0.2, 0) is 23.7 Å². The summed E-state index contributed by atoms with van der Waals surface area (Å²) in [7, 11) is 0. The van der Waals surface area contributed by atoms with Crippen LogP contribution in [0.3, 0.4) is 0 Å². The summed E-state index contributed by atoms with van der Waals surface area (Å²) in [5.74, 6) is -1.45. The van der Waals surface area contributed by atoms with E-state index in [4.69, 9.17) is 23.7 Å². The fourth-order valence-corrected chi connectivity index (χ4v) is 3.42. The maximum atomic E-state index is 11.1. The predicted molar refractivity (Wildman–Crippen MR) is 115 cm³/mol. The van der Waals surface area contributed by atoms with E-state index in [1.807, 2.05) is 0 Å². The van der Waals surface area contributed by atoms with Crippen molar-refractivity contribution in [2.24, 2.45) is 0 Å². The second kappa shape index (κ2) is 15.5. The highest BCUT2D eigenvalue weighted by atomic mass is 16.7. The van der Waals surface area contributed by atoms with Crippen LogP contribution in [0.4, 0.5) is 0 Å². The van der Waals surface area contributed by atoms with Crippen LogP contribution >= 0.6 is 0 Å². The number of rotatable bonds is 17. The van der Waals surface area contributed by atoms with Gasteiger partial charge in [0.2, 0.25) is 0 Å². The molecule has 0 radical (unpaired) electrons. The highest BCUT2D eigenvalue weighted by Crippen LogP contribution is 2.34. The summed E-state index contributed by atoms with van der Waals surface area (Å²) in [6, 6.07) is 0. The smallest absolute Gasteiger partial charge is 0.192 e. The Labute approximate surface area is 178 Å². The average molecular weight is 419 g/mol. The van der Waals surface area contributed by atoms with Gasteiger partial charge in [0.1, 0.15) is 24.4 Å². The lowest BCUT2D eigenvalue weighted by molar-refractivity contribution is -0.359. The molecule has 1 fully saturated rings. The molecule has 1 N–H and O–H groups in total. The van der Waals surface area contributed by atoms with E-state index in [2.05, 4.69) is 27.7 Å². The molecule has 0 aromatic carbocycles. The minimum absolute atomic E-state index is 0.327. The molecule has 0 bridgehead atoms. The first-order chi connectivity index (χ1) is 14.0. The van der Waals surface area contributed by atoms with E-state index in [1.165, 1.54) is 0 Å². The van der Waals surface area contributed by atoms with E-state index in [9.17, 15) is 5.11 Å². The minimum atomic E-state index is -1.45. The Kier molecular flexibility index (Phi) is 14.4. The summed E-state index contributed by atoms with van der Waals surface area (Å²) in [5.41, 5.74) is 0. The highest BCUT2D eigenvalue weighted by molar-refractivity contribution is 4.97. The first-order valence-electron chi connectivity index (χ1n) is 11.8. The van der Waals surface area contributed by atoms with Crippen LogP contribution in [0.25, 0.3) is 0 Å². The van der Waals surface area contributed by atoms with Gasteiger partial charge in [-0.05, 0) is 32.6 Å². The van der Waals surface area contributed by atoms with Gasteiger partial charge in [0.15, 0.2) is 5.79 Å². The molecule has 0 aromatic rings. The number of unbranched alkanes of at least 4 members (excludes halogenated alkanes) is 4. The van der Waals surface area contributed by atoms with Gasteiger partial charge in [-0.1, -0.05) is 53.4 Å². The number of ether oxygens (including phenoxy) is 5. The summed E-state index contributed by atoms with van der Waals surface area (Å²) in [6.07, 6.45) is 6.37. The van der Waals surface area contributed by atoms with Gasteiger partial charge in [-0.25, -0.2) is 0 Å². The van der Waals surface area contributed by atoms with Crippen molar-refractivity contribution in [3.8, 4) is 0 Å². The summed E-state index contributed by atoms with van der Waals surface area (Å²) in [6.45, 7) is 13.1. The molecule has 6 nitrogen and oxygen atoms in total. The summed E-state index contributed by atoms with van der Waals surface area (Å²) >= 11 is 0. The molecule has 0 spiro atoms. The van der Waals surface area contributed by atoms with Crippen LogP contribution in [0.2, 0.25) is 0 Å². The largest absolute Gasteiger partial charge is 0.379 e. The van der Waals surface area contributed by atoms with Crippen molar-refractivity contribution in [1.82, 2.24) is 0 Å². The van der Waals surface area contributed by atoms with Crippen LogP contribution in [-0.4, -0.2) is 68.3 Å². The van der Waals surface area contributed by atoms with Gasteiger partial charge in [-0.2, -0.15) is 0 Å². The molecule has 0 saturated carbocycles. The van der Waals surface area contributed by atoms with E-state index < -0.39 is 24.1 Å². The van der Waals surface area contributed by atoms with Crippen molar-refractivity contribution < 1.29 is 28.8 Å². The van der Waals surface area contributed by atoms with Crippen molar-refractivity contribution in [1.29, 1.82) is 0 Å². The van der Waals surface area contributed by atoms with Crippen LogP contribution in [0.15, 0.2) is 0 Å². The zero-order valence-corrected chi connectivity index (χ0v) is 19.5. The monoisotopic (exact) mass is 418 g/mol. The standard InChI is InChI=1S/C23H46O6/c1-6-10-14-25-18-19-20(26-15-11-7-2)21(27-16-12-8-3)22(23(5,24)29-19)28-17-13-9-4/h19-22,24H,6-18H2,1-5H3/t19?,20-,21?,22?,23-/m0/s1. The first-order valence-corrected chi connectivity index (χ1v) is 11.8. The minimum Gasteiger partial charge on any atom is -0.379 e. The van der Waals surface area contributed by atoms with Crippen molar-refractivity contribution in [2.45, 2.75) is 116 Å². The molecule has 0 aromatic heterocycles. The van der Waals surface area contributed by atoms with Gasteiger partial charge in [0.25, 0.3) is 0 Å². The van der Waals surface area contributed by atoms with Crippen molar-refractivity contribution in [3.63, 3.8) is 0 Å². The Morgan fingerprint density at radius 3 is 1.76 bits per heavy atom. The van der Waals surface area contributed by atoms with Crippen molar-refractivity contribution in [3.05, 3.63) is 0 Å². The lowest BCUT2D eigenvalue weighted by Crippen LogP contribution is -2.66. The second-order valence-corrected chi connectivity index (χ2v) is 8.16. The van der Waals surface area contributed by atoms with Gasteiger partial charge in [-0.15, -0.1) is 0 Å². The van der Waals surface area contributed by atoms with Gasteiger partial charge in [0, 0.05) is 26.4 Å². The maximum Gasteiger partial charge on any atom is 0.192 e. The molecule has 5 atom stereocenters. The molecule has 0 aliphatic carbocycles. The molecule has 6 heteroatoms. The summed E-state index contributed by atoms with van der Waals surface area (Å²) in [4.78, 5) is 0. The molecule has 1 saturated heterocycles. The summed E-state index contributed by atoms with van der Waals surface area (Å²) in [5, 5.41) is 11.1. The second-order valence-electron chi connectivity index (χ2n) is 8.16. The molecule has 1 aliphatic rings. The van der Waals surface area contributed by atoms with Gasteiger partial charge in [-0.3, -0.25) is 0 Å². The van der Waals surface area contributed by atoms with Crippen LogP contribution < -0.4 is 0 Å². The third-order valence-electron chi connectivity index (χ3n) is 5.24. The molecular weight excluding hydrogens is 372 g/mol. The molecule has 1 aliphatic heterocycles. The maximum absolute atomic E-state index is 11.1. The summed E-state index contributed by atoms with van der Waals surface area (Å²) < 4.78 is 30.5. The van der Waals surface area contributed by atoms with Crippen LogP contribution in [0.5, 0.6) is 0 Å². The van der Waals surface area contributed by atoms with E-state index in [0.29, 0.717) is 33.0 Å². The number of hydrogen-bond donors (Lipinski definition) is 1. The topological polar surface area (TPSA) is 66.4 Å². The highest BCUT2D eigenvalue weighted by Gasteiger charge is 2.53. The molecule has 0 amide bonds. The fourth-order valence-electron chi connectivity index (χ4n) is 3.42. The van der Waals surface area contributed by atoms with Gasteiger partial charge < -0.3 is 28.8 Å². The first kappa shape index (κ1) is 26.8. The lowest BCUT2D eigenvalue weighted by Gasteiger charge is -2.49. The van der Waals surface area contributed by atoms with E-state index in [-0.39, 0.29) is 6.10 Å². The van der Waals surface area contributed by atoms with E-state index >= 15 is 0 Å². The normalized spacial score (nSPS) is 30.0. The average Bonchev–Trinajstić information content (AvgIpc) is 2.69. The SMILES string of the molecule is CCCCOCC1O[C@](C)(O)C(OCCCC)C(OCCCC)[C@H]1OCCCC. The lowest BCUT2D eigenvalue weighted by atomic mass is 9.92. The van der Waals surface area contributed by atoms with Crippen LogP contribution in [0.1, 0.15) is 86.0 Å². The zero-order valence-electron chi connectivity index (χ0n) is 19.5. The molecule has 3 unspecified atom stereocenters. The third-order valence-corrected chi connectivity index (χ3v) is 5.24. The molecule has 1 rings (SSSR count). The van der Waals surface area contributed by atoms with Crippen LogP contribution in [0, 0.1) is 0 Å². The van der Waals surface area contributed by atoms with Gasteiger partial charge >= 0.3 is 0 Å².